The Morgan fingerprint density at radius 3 is 1.94 bits per heavy atom. The molecule has 0 bridgehead atoms. The van der Waals surface area contributed by atoms with E-state index in [0.29, 0.717) is 11.4 Å². The summed E-state index contributed by atoms with van der Waals surface area (Å²) in [7, 11) is 0. The molecule has 0 aliphatic heterocycles. The predicted molar refractivity (Wildman–Crippen MR) is 61.9 cm³/mol. The standard InChI is InChI=1S/C11H7N7/c1-4-12-7-9(11-3-6-14-18-16-11)8(1)10-2-5-13-17-15-10/h1-7H. The van der Waals surface area contributed by atoms with Crippen molar-refractivity contribution in [2.75, 3.05) is 0 Å². The van der Waals surface area contributed by atoms with Crippen LogP contribution < -0.4 is 0 Å². The molecule has 86 valence electrons. The Hall–Kier alpha value is -2.83. The van der Waals surface area contributed by atoms with Crippen LogP contribution in [0, 0.1) is 0 Å². The summed E-state index contributed by atoms with van der Waals surface area (Å²) < 4.78 is 0. The van der Waals surface area contributed by atoms with Gasteiger partial charge in [-0.2, -0.15) is 0 Å². The minimum atomic E-state index is 0.687. The van der Waals surface area contributed by atoms with E-state index >= 15 is 0 Å². The van der Waals surface area contributed by atoms with E-state index < -0.39 is 0 Å². The zero-order valence-corrected chi connectivity index (χ0v) is 9.17. The minimum Gasteiger partial charge on any atom is -0.264 e. The van der Waals surface area contributed by atoms with Gasteiger partial charge in [0.2, 0.25) is 0 Å². The van der Waals surface area contributed by atoms with E-state index in [1.165, 1.54) is 0 Å². The third-order valence-corrected chi connectivity index (χ3v) is 2.38. The summed E-state index contributed by atoms with van der Waals surface area (Å²) in [6.07, 6.45) is 6.57. The van der Waals surface area contributed by atoms with Gasteiger partial charge in [0, 0.05) is 23.5 Å². The van der Waals surface area contributed by atoms with E-state index in [1.54, 1.807) is 36.9 Å². The van der Waals surface area contributed by atoms with Crippen molar-refractivity contribution in [3.05, 3.63) is 43.0 Å². The highest BCUT2D eigenvalue weighted by Crippen LogP contribution is 2.27. The summed E-state index contributed by atoms with van der Waals surface area (Å²) in [6, 6.07) is 5.39. The highest BCUT2D eigenvalue weighted by molar-refractivity contribution is 5.78. The second-order valence-electron chi connectivity index (χ2n) is 3.43. The lowest BCUT2D eigenvalue weighted by atomic mass is 10.0. The Morgan fingerprint density at radius 1 is 0.667 bits per heavy atom. The number of rotatable bonds is 2. The first kappa shape index (κ1) is 10.3. The summed E-state index contributed by atoms with van der Waals surface area (Å²) in [5, 5.41) is 22.5. The summed E-state index contributed by atoms with van der Waals surface area (Å²) in [5.41, 5.74) is 3.10. The Labute approximate surface area is 102 Å². The van der Waals surface area contributed by atoms with Crippen LogP contribution in [-0.4, -0.2) is 35.8 Å². The van der Waals surface area contributed by atoms with E-state index in [0.717, 1.165) is 11.1 Å². The Kier molecular flexibility index (Phi) is 2.63. The number of aromatic nitrogens is 7. The van der Waals surface area contributed by atoms with Crippen molar-refractivity contribution in [3.63, 3.8) is 0 Å². The van der Waals surface area contributed by atoms with Crippen molar-refractivity contribution in [2.45, 2.75) is 0 Å². The maximum absolute atomic E-state index is 4.10. The third-order valence-electron chi connectivity index (χ3n) is 2.38. The fourth-order valence-electron chi connectivity index (χ4n) is 1.59. The monoisotopic (exact) mass is 237 g/mol. The van der Waals surface area contributed by atoms with Crippen molar-refractivity contribution in [2.24, 2.45) is 0 Å². The van der Waals surface area contributed by atoms with Gasteiger partial charge in [-0.25, -0.2) is 0 Å². The number of hydrogen-bond donors (Lipinski definition) is 0. The first-order valence-corrected chi connectivity index (χ1v) is 5.18. The quantitative estimate of drug-likeness (QED) is 0.650. The van der Waals surface area contributed by atoms with Crippen LogP contribution >= 0.6 is 0 Å². The fourth-order valence-corrected chi connectivity index (χ4v) is 1.59. The molecular weight excluding hydrogens is 230 g/mol. The molecule has 3 rings (SSSR count). The lowest BCUT2D eigenvalue weighted by Crippen LogP contribution is -1.95. The molecule has 3 aromatic rings. The van der Waals surface area contributed by atoms with Crippen LogP contribution in [0.15, 0.2) is 43.0 Å². The molecule has 0 fully saturated rings. The molecule has 0 radical (unpaired) electrons. The highest BCUT2D eigenvalue weighted by atomic mass is 15.3. The maximum atomic E-state index is 4.10. The lowest BCUT2D eigenvalue weighted by molar-refractivity contribution is 0.865. The van der Waals surface area contributed by atoms with Gasteiger partial charge in [0.25, 0.3) is 0 Å². The first-order valence-electron chi connectivity index (χ1n) is 5.18. The number of nitrogens with zero attached hydrogens (tertiary/aromatic N) is 7. The highest BCUT2D eigenvalue weighted by Gasteiger charge is 2.10. The van der Waals surface area contributed by atoms with Crippen LogP contribution in [0.2, 0.25) is 0 Å². The predicted octanol–water partition coefficient (Wildman–Crippen LogP) is 0.786. The van der Waals surface area contributed by atoms with E-state index in [1.807, 2.05) is 6.07 Å². The Bertz CT molecular complexity index is 583. The van der Waals surface area contributed by atoms with Crippen LogP contribution in [0.1, 0.15) is 0 Å². The van der Waals surface area contributed by atoms with Crippen LogP contribution in [0.5, 0.6) is 0 Å². The summed E-state index contributed by atoms with van der Waals surface area (Å²) in [6.45, 7) is 0. The van der Waals surface area contributed by atoms with E-state index in [4.69, 9.17) is 0 Å². The smallest absolute Gasteiger partial charge is 0.0985 e. The Balaban J connectivity index is 2.18. The van der Waals surface area contributed by atoms with Gasteiger partial charge in [-0.05, 0) is 28.6 Å². The lowest BCUT2D eigenvalue weighted by Gasteiger charge is -2.05. The zero-order chi connectivity index (χ0) is 12.2. The van der Waals surface area contributed by atoms with Crippen LogP contribution in [-0.2, 0) is 0 Å². The van der Waals surface area contributed by atoms with E-state index in [2.05, 4.69) is 35.8 Å². The van der Waals surface area contributed by atoms with Gasteiger partial charge in [-0.3, -0.25) is 4.98 Å². The maximum Gasteiger partial charge on any atom is 0.0985 e. The van der Waals surface area contributed by atoms with E-state index in [-0.39, 0.29) is 0 Å². The summed E-state index contributed by atoms with van der Waals surface area (Å²) in [5.74, 6) is 0. The van der Waals surface area contributed by atoms with Gasteiger partial charge in [0.15, 0.2) is 0 Å². The molecule has 0 N–H and O–H groups in total. The molecule has 0 saturated heterocycles. The van der Waals surface area contributed by atoms with Crippen LogP contribution in [0.4, 0.5) is 0 Å². The molecule has 7 heteroatoms. The van der Waals surface area contributed by atoms with Crippen LogP contribution in [0.25, 0.3) is 22.5 Å². The van der Waals surface area contributed by atoms with Crippen molar-refractivity contribution < 1.29 is 0 Å². The molecule has 3 aromatic heterocycles. The van der Waals surface area contributed by atoms with Crippen molar-refractivity contribution in [1.29, 1.82) is 0 Å². The fraction of sp³-hybridized carbons (Fsp3) is 0. The second kappa shape index (κ2) is 4.58. The largest absolute Gasteiger partial charge is 0.264 e. The van der Waals surface area contributed by atoms with Gasteiger partial charge >= 0.3 is 0 Å². The van der Waals surface area contributed by atoms with E-state index in [9.17, 15) is 0 Å². The second-order valence-corrected chi connectivity index (χ2v) is 3.43. The van der Waals surface area contributed by atoms with Crippen molar-refractivity contribution in [1.82, 2.24) is 35.8 Å². The van der Waals surface area contributed by atoms with Gasteiger partial charge in [0.05, 0.1) is 23.8 Å². The molecule has 0 aromatic carbocycles. The number of hydrogen-bond acceptors (Lipinski definition) is 7. The van der Waals surface area contributed by atoms with Crippen molar-refractivity contribution in [3.8, 4) is 22.5 Å². The molecule has 0 aliphatic rings. The van der Waals surface area contributed by atoms with Crippen molar-refractivity contribution >= 4 is 0 Å². The first-order chi connectivity index (χ1) is 8.95. The van der Waals surface area contributed by atoms with Gasteiger partial charge in [-0.1, -0.05) is 0 Å². The SMILES string of the molecule is c1cc(-c2ccnnn2)c(-c2ccnnn2)cn1. The molecule has 0 amide bonds. The average molecular weight is 237 g/mol. The molecule has 0 unspecified atom stereocenters. The molecule has 7 nitrogen and oxygen atoms in total. The molecule has 18 heavy (non-hydrogen) atoms. The third kappa shape index (κ3) is 1.88. The van der Waals surface area contributed by atoms with Crippen LogP contribution in [0.3, 0.4) is 0 Å². The summed E-state index contributed by atoms with van der Waals surface area (Å²) >= 11 is 0. The molecule has 0 aliphatic carbocycles. The molecule has 0 saturated carbocycles. The zero-order valence-electron chi connectivity index (χ0n) is 9.17. The Morgan fingerprint density at radius 2 is 1.33 bits per heavy atom. The van der Waals surface area contributed by atoms with Gasteiger partial charge in [0.1, 0.15) is 0 Å². The molecular formula is C11H7N7. The average Bonchev–Trinajstić information content (AvgIpc) is 2.49. The molecule has 0 atom stereocenters. The molecule has 3 heterocycles. The van der Waals surface area contributed by atoms with Gasteiger partial charge in [-0.15, -0.1) is 20.4 Å². The number of pyridine rings is 1. The molecule has 0 spiro atoms. The normalized spacial score (nSPS) is 10.2. The van der Waals surface area contributed by atoms with Gasteiger partial charge < -0.3 is 0 Å². The summed E-state index contributed by atoms with van der Waals surface area (Å²) in [4.78, 5) is 4.10. The minimum absolute atomic E-state index is 0.687. The topological polar surface area (TPSA) is 90.2 Å².